The number of hydrogen-bond acceptors (Lipinski definition) is 5. The number of carbonyl (C=O) groups is 2. The standard InChI is InChI=1S/C18H26N2O5S/c1-4-19-17(21)12-25-18(22)15-5-7-16(8-6-15)26(23,24)20-10-13(2)9-14(3)11-20/h5-8,13-14H,4,9-12H2,1-3H3,(H,19,21)/t13-,14+. The molecule has 0 unspecified atom stereocenters. The van der Waals surface area contributed by atoms with Gasteiger partial charge in [0, 0.05) is 19.6 Å². The van der Waals surface area contributed by atoms with Gasteiger partial charge in [-0.15, -0.1) is 0 Å². The highest BCUT2D eigenvalue weighted by atomic mass is 32.2. The fourth-order valence-corrected chi connectivity index (χ4v) is 4.86. The van der Waals surface area contributed by atoms with Gasteiger partial charge < -0.3 is 10.1 Å². The minimum Gasteiger partial charge on any atom is -0.452 e. The molecule has 1 aliphatic heterocycles. The molecule has 0 radical (unpaired) electrons. The first-order chi connectivity index (χ1) is 12.2. The Hall–Kier alpha value is -1.93. The quantitative estimate of drug-likeness (QED) is 0.755. The number of esters is 1. The maximum atomic E-state index is 12.8. The molecule has 1 amide bonds. The zero-order valence-corrected chi connectivity index (χ0v) is 16.2. The SMILES string of the molecule is CCNC(=O)COC(=O)c1ccc(S(=O)(=O)N2C[C@H](C)C[C@H](C)C2)cc1. The Labute approximate surface area is 154 Å². The first kappa shape index (κ1) is 20.4. The van der Waals surface area contributed by atoms with Crippen LogP contribution < -0.4 is 5.32 Å². The van der Waals surface area contributed by atoms with E-state index in [-0.39, 0.29) is 23.0 Å². The lowest BCUT2D eigenvalue weighted by atomic mass is 9.94. The van der Waals surface area contributed by atoms with Crippen LogP contribution in [0.2, 0.25) is 0 Å². The van der Waals surface area contributed by atoms with Gasteiger partial charge in [0.25, 0.3) is 5.91 Å². The lowest BCUT2D eigenvalue weighted by Gasteiger charge is -2.34. The molecule has 1 aliphatic rings. The summed E-state index contributed by atoms with van der Waals surface area (Å²) in [6.45, 7) is 6.96. The molecular weight excluding hydrogens is 356 g/mol. The van der Waals surface area contributed by atoms with Crippen LogP contribution in [-0.4, -0.2) is 50.8 Å². The number of likely N-dealkylation sites (N-methyl/N-ethyl adjacent to an activating group) is 1. The van der Waals surface area contributed by atoms with Crippen LogP contribution >= 0.6 is 0 Å². The van der Waals surface area contributed by atoms with E-state index in [2.05, 4.69) is 5.32 Å². The monoisotopic (exact) mass is 382 g/mol. The van der Waals surface area contributed by atoms with Crippen molar-refractivity contribution in [2.75, 3.05) is 26.2 Å². The minimum atomic E-state index is -3.59. The molecule has 1 aromatic rings. The number of benzene rings is 1. The Morgan fingerprint density at radius 1 is 1.15 bits per heavy atom. The number of nitrogens with zero attached hydrogens (tertiary/aromatic N) is 1. The third-order valence-corrected chi connectivity index (χ3v) is 6.12. The molecule has 1 N–H and O–H groups in total. The van der Waals surface area contributed by atoms with Crippen molar-refractivity contribution in [2.45, 2.75) is 32.1 Å². The number of ether oxygens (including phenoxy) is 1. The van der Waals surface area contributed by atoms with Crippen molar-refractivity contribution >= 4 is 21.9 Å². The predicted octanol–water partition coefficient (Wildman–Crippen LogP) is 1.65. The van der Waals surface area contributed by atoms with E-state index in [4.69, 9.17) is 4.74 Å². The van der Waals surface area contributed by atoms with Crippen LogP contribution in [0, 0.1) is 11.8 Å². The van der Waals surface area contributed by atoms with Crippen molar-refractivity contribution in [3.63, 3.8) is 0 Å². The smallest absolute Gasteiger partial charge is 0.338 e. The van der Waals surface area contributed by atoms with Crippen molar-refractivity contribution in [3.05, 3.63) is 29.8 Å². The van der Waals surface area contributed by atoms with E-state index < -0.39 is 16.0 Å². The van der Waals surface area contributed by atoms with Crippen LogP contribution in [-0.2, 0) is 19.6 Å². The van der Waals surface area contributed by atoms with E-state index in [1.54, 1.807) is 6.92 Å². The summed E-state index contributed by atoms with van der Waals surface area (Å²) >= 11 is 0. The largest absolute Gasteiger partial charge is 0.452 e. The molecule has 7 nitrogen and oxygen atoms in total. The summed E-state index contributed by atoms with van der Waals surface area (Å²) in [5.74, 6) is -0.414. The van der Waals surface area contributed by atoms with Crippen LogP contribution in [0.15, 0.2) is 29.2 Å². The van der Waals surface area contributed by atoms with Gasteiger partial charge in [-0.05, 0) is 49.4 Å². The maximum Gasteiger partial charge on any atom is 0.338 e. The van der Waals surface area contributed by atoms with E-state index in [9.17, 15) is 18.0 Å². The molecule has 8 heteroatoms. The summed E-state index contributed by atoms with van der Waals surface area (Å²) in [6, 6.07) is 5.62. The van der Waals surface area contributed by atoms with Gasteiger partial charge in [-0.1, -0.05) is 13.8 Å². The Balaban J connectivity index is 2.06. The zero-order chi connectivity index (χ0) is 19.3. The van der Waals surface area contributed by atoms with Gasteiger partial charge in [0.05, 0.1) is 10.5 Å². The summed E-state index contributed by atoms with van der Waals surface area (Å²) in [4.78, 5) is 23.4. The fraction of sp³-hybridized carbons (Fsp3) is 0.556. The number of carbonyl (C=O) groups excluding carboxylic acids is 2. The molecule has 0 spiro atoms. The van der Waals surface area contributed by atoms with Gasteiger partial charge in [-0.2, -0.15) is 4.31 Å². The van der Waals surface area contributed by atoms with Gasteiger partial charge in [0.2, 0.25) is 10.0 Å². The van der Waals surface area contributed by atoms with Crippen LogP contribution in [0.3, 0.4) is 0 Å². The second-order valence-corrected chi connectivity index (χ2v) is 8.76. The van der Waals surface area contributed by atoms with E-state index in [0.717, 1.165) is 6.42 Å². The van der Waals surface area contributed by atoms with E-state index in [0.29, 0.717) is 31.5 Å². The van der Waals surface area contributed by atoms with Crippen molar-refractivity contribution in [2.24, 2.45) is 11.8 Å². The zero-order valence-electron chi connectivity index (χ0n) is 15.4. The second kappa shape index (κ2) is 8.64. The van der Waals surface area contributed by atoms with Crippen molar-refractivity contribution in [3.8, 4) is 0 Å². The first-order valence-corrected chi connectivity index (χ1v) is 10.2. The molecule has 0 saturated carbocycles. The lowest BCUT2D eigenvalue weighted by Crippen LogP contribution is -2.42. The highest BCUT2D eigenvalue weighted by Gasteiger charge is 2.31. The van der Waals surface area contributed by atoms with Gasteiger partial charge in [0.1, 0.15) is 0 Å². The molecule has 2 rings (SSSR count). The molecule has 0 bridgehead atoms. The van der Waals surface area contributed by atoms with Crippen molar-refractivity contribution in [1.82, 2.24) is 9.62 Å². The van der Waals surface area contributed by atoms with Crippen molar-refractivity contribution in [1.29, 1.82) is 0 Å². The van der Waals surface area contributed by atoms with Gasteiger partial charge in [-0.25, -0.2) is 13.2 Å². The first-order valence-electron chi connectivity index (χ1n) is 8.78. The number of rotatable bonds is 6. The highest BCUT2D eigenvalue weighted by molar-refractivity contribution is 7.89. The Kier molecular flexibility index (Phi) is 6.77. The molecule has 1 fully saturated rings. The Morgan fingerprint density at radius 3 is 2.27 bits per heavy atom. The molecule has 0 aliphatic carbocycles. The summed E-state index contributed by atoms with van der Waals surface area (Å²) in [5, 5.41) is 2.52. The molecule has 1 aromatic carbocycles. The fourth-order valence-electron chi connectivity index (χ4n) is 3.18. The molecule has 1 saturated heterocycles. The topological polar surface area (TPSA) is 92.8 Å². The molecule has 144 valence electrons. The molecule has 1 heterocycles. The van der Waals surface area contributed by atoms with Crippen LogP contribution in [0.25, 0.3) is 0 Å². The second-order valence-electron chi connectivity index (χ2n) is 6.82. The summed E-state index contributed by atoms with van der Waals surface area (Å²) in [6.07, 6.45) is 1.02. The third-order valence-electron chi connectivity index (χ3n) is 4.27. The number of nitrogens with one attached hydrogen (secondary N) is 1. The molecule has 0 aromatic heterocycles. The number of sulfonamides is 1. The van der Waals surface area contributed by atoms with Gasteiger partial charge in [-0.3, -0.25) is 4.79 Å². The van der Waals surface area contributed by atoms with Crippen molar-refractivity contribution < 1.29 is 22.7 Å². The van der Waals surface area contributed by atoms with Crippen LogP contribution in [0.5, 0.6) is 0 Å². The minimum absolute atomic E-state index is 0.152. The molecule has 26 heavy (non-hydrogen) atoms. The third kappa shape index (κ3) is 5.04. The Bertz CT molecular complexity index is 735. The molecular formula is C18H26N2O5S. The average Bonchev–Trinajstić information content (AvgIpc) is 2.59. The number of piperidine rings is 1. The molecule has 2 atom stereocenters. The highest BCUT2D eigenvalue weighted by Crippen LogP contribution is 2.26. The normalized spacial score (nSPS) is 21.2. The number of hydrogen-bond donors (Lipinski definition) is 1. The summed E-state index contributed by atoms with van der Waals surface area (Å²) in [5.41, 5.74) is 0.202. The maximum absolute atomic E-state index is 12.8. The predicted molar refractivity (Wildman–Crippen MR) is 97.1 cm³/mol. The average molecular weight is 382 g/mol. The van der Waals surface area contributed by atoms with E-state index >= 15 is 0 Å². The Morgan fingerprint density at radius 2 is 1.73 bits per heavy atom. The summed E-state index contributed by atoms with van der Waals surface area (Å²) < 4.78 is 32.0. The lowest BCUT2D eigenvalue weighted by molar-refractivity contribution is -0.124. The van der Waals surface area contributed by atoms with Gasteiger partial charge >= 0.3 is 5.97 Å². The van der Waals surface area contributed by atoms with Crippen LogP contribution in [0.4, 0.5) is 0 Å². The number of amides is 1. The van der Waals surface area contributed by atoms with E-state index in [1.165, 1.54) is 28.6 Å². The summed E-state index contributed by atoms with van der Waals surface area (Å²) in [7, 11) is -3.59. The van der Waals surface area contributed by atoms with Gasteiger partial charge in [0.15, 0.2) is 6.61 Å². The van der Waals surface area contributed by atoms with Crippen LogP contribution in [0.1, 0.15) is 37.6 Å². The van der Waals surface area contributed by atoms with E-state index in [1.807, 2.05) is 13.8 Å².